The Kier molecular flexibility index (Phi) is 24.2. The number of aromatic amines is 1. The van der Waals surface area contributed by atoms with E-state index in [9.17, 15) is 43.2 Å². The van der Waals surface area contributed by atoms with Crippen molar-refractivity contribution in [2.45, 2.75) is 114 Å². The van der Waals surface area contributed by atoms with Crippen molar-refractivity contribution in [3.8, 4) is 0 Å². The molecule has 1 saturated heterocycles. The number of nitrogens with two attached hydrogens (primary N) is 6. The van der Waals surface area contributed by atoms with Gasteiger partial charge in [-0.25, -0.2) is 4.79 Å². The van der Waals surface area contributed by atoms with Crippen LogP contribution in [0.4, 0.5) is 4.79 Å². The number of aliphatic imine (C=N–C) groups is 1. The molecule has 1 aliphatic rings. The van der Waals surface area contributed by atoms with E-state index in [4.69, 9.17) is 34.4 Å². The zero-order valence-electron chi connectivity index (χ0n) is 39.4. The minimum atomic E-state index is -1.42. The number of H-pyrrole nitrogens is 1. The normalized spacial score (nSPS) is 19.6. The third-order valence-electron chi connectivity index (χ3n) is 11.3. The lowest BCUT2D eigenvalue weighted by atomic mass is 10.0. The van der Waals surface area contributed by atoms with Crippen LogP contribution in [0.3, 0.4) is 0 Å². The first-order valence-electron chi connectivity index (χ1n) is 23.3. The van der Waals surface area contributed by atoms with Crippen LogP contribution in [0.5, 0.6) is 0 Å². The quantitative estimate of drug-likeness (QED) is 0.0392. The molecule has 0 aliphatic carbocycles. The molecule has 3 rings (SSSR count). The largest absolute Gasteiger partial charge is 0.370 e. The molecule has 1 aromatic heterocycles. The Hall–Kier alpha value is -7.02. The number of primary amides is 2. The van der Waals surface area contributed by atoms with E-state index in [1.54, 1.807) is 6.20 Å². The SMILES string of the molecule is C[C@H](NC(=O)CN1CCCCNC(=O)NCCCCN(C(=O)[C@@H](N)Cc2c[nH]c3ccccc23)CC(=O)N[C@@H](CCC(N)=O)C(=O)N[C@@H](CCCCN)C(=O)N[C@@H](CCCN=C(N)N)C1=O)C(N)=O. The predicted octanol–water partition coefficient (Wildman–Crippen LogP) is -3.54. The second kappa shape index (κ2) is 29.7. The van der Waals surface area contributed by atoms with Crippen LogP contribution in [0.15, 0.2) is 35.5 Å². The summed E-state index contributed by atoms with van der Waals surface area (Å²) in [6.07, 6.45) is 3.70. The molecule has 0 unspecified atom stereocenters. The molecule has 2 aromatic rings. The number of fused-ring (bicyclic) bond motifs is 1. The number of nitrogens with zero attached hydrogens (tertiary/aromatic N) is 3. The number of amides is 10. The Morgan fingerprint density at radius 2 is 1.45 bits per heavy atom. The number of unbranched alkanes of at least 4 members (excludes halogenated alkanes) is 1. The minimum absolute atomic E-state index is 0.0145. The van der Waals surface area contributed by atoms with Gasteiger partial charge < -0.3 is 81.1 Å². The Morgan fingerprint density at radius 3 is 2.10 bits per heavy atom. The molecule has 0 radical (unpaired) electrons. The molecule has 2 heterocycles. The molecule has 1 aliphatic heterocycles. The van der Waals surface area contributed by atoms with Crippen LogP contribution in [-0.4, -0.2) is 157 Å². The lowest BCUT2D eigenvalue weighted by molar-refractivity contribution is -0.141. The van der Waals surface area contributed by atoms with Gasteiger partial charge in [0.05, 0.1) is 19.1 Å². The van der Waals surface area contributed by atoms with Gasteiger partial charge in [0.2, 0.25) is 47.3 Å². The molecule has 10 amide bonds. The van der Waals surface area contributed by atoms with Gasteiger partial charge in [-0.2, -0.15) is 0 Å². The molecule has 1 aromatic carbocycles. The summed E-state index contributed by atoms with van der Waals surface area (Å²) in [5, 5.41) is 16.8. The molecule has 25 heteroatoms. The van der Waals surface area contributed by atoms with Crippen LogP contribution in [0.2, 0.25) is 0 Å². The van der Waals surface area contributed by atoms with Gasteiger partial charge in [-0.05, 0) is 95.7 Å². The molecule has 19 N–H and O–H groups in total. The fraction of sp³-hybridized carbons (Fsp3) is 0.591. The number of benzene rings is 1. The average molecular weight is 969 g/mol. The first-order valence-corrected chi connectivity index (χ1v) is 23.3. The smallest absolute Gasteiger partial charge is 0.314 e. The topological polar surface area (TPSA) is 417 Å². The number of hydrogen-bond donors (Lipinski definition) is 13. The third kappa shape index (κ3) is 20.4. The number of urea groups is 1. The highest BCUT2D eigenvalue weighted by atomic mass is 16.2. The minimum Gasteiger partial charge on any atom is -0.370 e. The standard InChI is InChI=1S/C44H72N16O9/c1-27(38(48)64)55-36(62)25-60-22-9-7-19-53-44(69)52-18-6-8-21-59(41(67)30(46)23-28-24-54-31-12-3-2-11-29(28)31)26-37(63)56-33(15-16-35(47)61)40(66)57-32(13-4-5-17-45)39(65)58-34(42(60)68)14-10-20-51-43(49)50/h2-3,11-12,24,27,30,32-34,54H,4-10,13-23,25-26,45-46H2,1H3,(H2,47,61)(H2,48,64)(H,55,62)(H,56,63)(H,57,66)(H,58,65)(H4,49,50,51)(H2,52,53,69)/t27-,30-,32-,33-,34-/m0/s1. The first-order chi connectivity index (χ1) is 32.9. The Balaban J connectivity index is 1.98. The Morgan fingerprint density at radius 1 is 0.812 bits per heavy atom. The zero-order chi connectivity index (χ0) is 50.9. The molecular weight excluding hydrogens is 897 g/mol. The first kappa shape index (κ1) is 56.3. The van der Waals surface area contributed by atoms with E-state index in [2.05, 4.69) is 41.9 Å². The van der Waals surface area contributed by atoms with Gasteiger partial charge in [-0.15, -0.1) is 0 Å². The number of guanidine groups is 1. The van der Waals surface area contributed by atoms with Crippen LogP contribution in [0.25, 0.3) is 10.9 Å². The maximum absolute atomic E-state index is 14.4. The Bertz CT molecular complexity index is 2090. The summed E-state index contributed by atoms with van der Waals surface area (Å²) in [6.45, 7) is 1.09. The van der Waals surface area contributed by atoms with E-state index in [1.165, 1.54) is 16.7 Å². The van der Waals surface area contributed by atoms with Gasteiger partial charge in [0.25, 0.3) is 0 Å². The van der Waals surface area contributed by atoms with Gasteiger partial charge in [0, 0.05) is 56.2 Å². The van der Waals surface area contributed by atoms with Gasteiger partial charge in [-0.1, -0.05) is 18.2 Å². The highest BCUT2D eigenvalue weighted by Gasteiger charge is 2.33. The van der Waals surface area contributed by atoms with Crippen LogP contribution < -0.4 is 66.3 Å². The molecule has 382 valence electrons. The second-order valence-corrected chi connectivity index (χ2v) is 17.0. The molecular formula is C44H72N16O9. The highest BCUT2D eigenvalue weighted by Crippen LogP contribution is 2.19. The van der Waals surface area contributed by atoms with Gasteiger partial charge in [-0.3, -0.25) is 43.3 Å². The molecule has 5 atom stereocenters. The zero-order valence-corrected chi connectivity index (χ0v) is 39.4. The summed E-state index contributed by atoms with van der Waals surface area (Å²) < 4.78 is 0. The van der Waals surface area contributed by atoms with Crippen molar-refractivity contribution < 1.29 is 43.2 Å². The van der Waals surface area contributed by atoms with Crippen LogP contribution in [0, 0.1) is 0 Å². The molecule has 0 bridgehead atoms. The summed E-state index contributed by atoms with van der Waals surface area (Å²) in [7, 11) is 0. The number of nitrogens with one attached hydrogen (secondary N) is 7. The second-order valence-electron chi connectivity index (χ2n) is 17.0. The van der Waals surface area contributed by atoms with Crippen LogP contribution >= 0.6 is 0 Å². The van der Waals surface area contributed by atoms with E-state index in [-0.39, 0.29) is 83.8 Å². The maximum Gasteiger partial charge on any atom is 0.314 e. The lowest BCUT2D eigenvalue weighted by Gasteiger charge is -2.30. The number of aromatic nitrogens is 1. The van der Waals surface area contributed by atoms with Crippen LogP contribution in [0.1, 0.15) is 83.1 Å². The van der Waals surface area contributed by atoms with Crippen molar-refractivity contribution in [2.24, 2.45) is 39.4 Å². The van der Waals surface area contributed by atoms with Gasteiger partial charge in [0.15, 0.2) is 5.96 Å². The van der Waals surface area contributed by atoms with E-state index >= 15 is 0 Å². The van der Waals surface area contributed by atoms with Crippen molar-refractivity contribution in [2.75, 3.05) is 52.4 Å². The highest BCUT2D eigenvalue weighted by molar-refractivity contribution is 5.96. The summed E-state index contributed by atoms with van der Waals surface area (Å²) in [5.74, 6) is -6.14. The molecule has 0 spiro atoms. The fourth-order valence-electron chi connectivity index (χ4n) is 7.50. The van der Waals surface area contributed by atoms with Crippen molar-refractivity contribution in [3.63, 3.8) is 0 Å². The van der Waals surface area contributed by atoms with E-state index in [1.807, 2.05) is 24.3 Å². The number of hydrogen-bond acceptors (Lipinski definition) is 12. The summed E-state index contributed by atoms with van der Waals surface area (Å²) in [6, 6.07) is 0.896. The maximum atomic E-state index is 14.4. The Labute approximate surface area is 401 Å². The fourth-order valence-corrected chi connectivity index (χ4v) is 7.50. The number of carbonyl (C=O) groups excluding carboxylic acids is 9. The summed E-state index contributed by atoms with van der Waals surface area (Å²) >= 11 is 0. The summed E-state index contributed by atoms with van der Waals surface area (Å²) in [5.41, 5.74) is 35.7. The molecule has 1 fully saturated rings. The van der Waals surface area contributed by atoms with E-state index in [0.717, 1.165) is 16.5 Å². The average Bonchev–Trinajstić information content (AvgIpc) is 3.71. The van der Waals surface area contributed by atoms with Crippen molar-refractivity contribution in [3.05, 3.63) is 36.0 Å². The van der Waals surface area contributed by atoms with Crippen molar-refractivity contribution in [1.29, 1.82) is 0 Å². The van der Waals surface area contributed by atoms with Crippen LogP contribution in [-0.2, 0) is 44.8 Å². The third-order valence-corrected chi connectivity index (χ3v) is 11.3. The molecule has 25 nitrogen and oxygen atoms in total. The summed E-state index contributed by atoms with van der Waals surface area (Å²) in [4.78, 5) is 130. The predicted molar refractivity (Wildman–Crippen MR) is 257 cm³/mol. The van der Waals surface area contributed by atoms with Gasteiger partial charge >= 0.3 is 6.03 Å². The number of rotatable bonds is 18. The monoisotopic (exact) mass is 969 g/mol. The van der Waals surface area contributed by atoms with Crippen molar-refractivity contribution >= 4 is 70.2 Å². The van der Waals surface area contributed by atoms with Gasteiger partial charge in [0.1, 0.15) is 24.2 Å². The van der Waals surface area contributed by atoms with E-state index in [0.29, 0.717) is 38.5 Å². The van der Waals surface area contributed by atoms with E-state index < -0.39 is 96.6 Å². The lowest BCUT2D eigenvalue weighted by Crippen LogP contribution is -2.58. The molecule has 69 heavy (non-hydrogen) atoms. The number of carbonyl (C=O) groups is 9. The van der Waals surface area contributed by atoms with Crippen molar-refractivity contribution in [1.82, 2.24) is 46.7 Å². The molecule has 0 saturated carbocycles. The number of para-hydroxylation sites is 1.